The molecule has 0 saturated heterocycles. The highest BCUT2D eigenvalue weighted by Crippen LogP contribution is 2.23. The van der Waals surface area contributed by atoms with Crippen LogP contribution < -0.4 is 21.3 Å². The third kappa shape index (κ3) is 6.53. The second-order valence-corrected chi connectivity index (χ2v) is 7.41. The van der Waals surface area contributed by atoms with Gasteiger partial charge in [0.05, 0.1) is 12.2 Å². The lowest BCUT2D eigenvalue weighted by Gasteiger charge is -2.17. The van der Waals surface area contributed by atoms with E-state index in [0.717, 1.165) is 11.6 Å². The average molecular weight is 440 g/mol. The first kappa shape index (κ1) is 24.3. The molecule has 0 bridgehead atoms. The number of primary amides is 1. The normalized spacial score (nSPS) is 10.2. The topological polar surface area (TPSA) is 134 Å². The lowest BCUT2D eigenvalue weighted by Crippen LogP contribution is -2.38. The number of rotatable bonds is 10. The van der Waals surface area contributed by atoms with Crippen LogP contribution in [0.4, 0.5) is 17.3 Å². The Morgan fingerprint density at radius 1 is 1.19 bits per heavy atom. The number of carbonyl (C=O) groups excluding carboxylic acids is 3. The third-order valence-electron chi connectivity index (χ3n) is 4.56. The van der Waals surface area contributed by atoms with Gasteiger partial charge in [-0.1, -0.05) is 18.7 Å². The Balaban J connectivity index is 2.07. The fraction of sp³-hybridized carbons (Fsp3) is 0.318. The molecule has 32 heavy (non-hydrogen) atoms. The van der Waals surface area contributed by atoms with Crippen molar-refractivity contribution in [2.75, 3.05) is 44.4 Å². The van der Waals surface area contributed by atoms with Crippen LogP contribution in [0, 0.1) is 6.92 Å². The zero-order valence-electron chi connectivity index (χ0n) is 18.8. The summed E-state index contributed by atoms with van der Waals surface area (Å²) in [4.78, 5) is 47.2. The van der Waals surface area contributed by atoms with Gasteiger partial charge in [-0.15, -0.1) is 0 Å². The van der Waals surface area contributed by atoms with Gasteiger partial charge in [-0.05, 0) is 37.1 Å². The van der Waals surface area contributed by atoms with E-state index in [1.54, 1.807) is 11.8 Å². The molecule has 10 nitrogen and oxygen atoms in total. The van der Waals surface area contributed by atoms with Gasteiger partial charge in [0.1, 0.15) is 0 Å². The molecule has 0 aliphatic heterocycles. The molecule has 2 aromatic rings. The summed E-state index contributed by atoms with van der Waals surface area (Å²) in [6.07, 6.45) is 1.74. The first-order valence-corrected chi connectivity index (χ1v) is 9.98. The number of nitrogens with two attached hydrogens (primary N) is 1. The fourth-order valence-corrected chi connectivity index (χ4v) is 2.99. The van der Waals surface area contributed by atoms with Crippen LogP contribution in [0.25, 0.3) is 0 Å². The third-order valence-corrected chi connectivity index (χ3v) is 4.56. The zero-order chi connectivity index (χ0) is 23.8. The molecule has 10 heteroatoms. The van der Waals surface area contributed by atoms with E-state index in [1.807, 2.05) is 38.4 Å². The van der Waals surface area contributed by atoms with E-state index in [2.05, 4.69) is 27.2 Å². The van der Waals surface area contributed by atoms with Gasteiger partial charge in [-0.3, -0.25) is 14.4 Å². The molecule has 0 atom stereocenters. The van der Waals surface area contributed by atoms with Gasteiger partial charge in [0, 0.05) is 33.4 Å². The number of aryl methyl sites for hydroxylation is 1. The van der Waals surface area contributed by atoms with Crippen LogP contribution in [-0.4, -0.2) is 66.8 Å². The Morgan fingerprint density at radius 3 is 2.53 bits per heavy atom. The number of hydrogen-bond donors (Lipinski definition) is 3. The van der Waals surface area contributed by atoms with Crippen molar-refractivity contribution in [2.45, 2.75) is 13.3 Å². The first-order chi connectivity index (χ1) is 15.1. The van der Waals surface area contributed by atoms with Crippen molar-refractivity contribution in [3.05, 3.63) is 53.9 Å². The highest BCUT2D eigenvalue weighted by atomic mass is 16.2. The van der Waals surface area contributed by atoms with E-state index in [1.165, 1.54) is 11.9 Å². The Hall–Kier alpha value is -3.95. The van der Waals surface area contributed by atoms with Gasteiger partial charge in [0.25, 0.3) is 5.91 Å². The van der Waals surface area contributed by atoms with Gasteiger partial charge in [0.15, 0.2) is 17.3 Å². The number of anilines is 3. The maximum atomic E-state index is 12.0. The van der Waals surface area contributed by atoms with Crippen molar-refractivity contribution < 1.29 is 14.4 Å². The fourth-order valence-electron chi connectivity index (χ4n) is 2.99. The number of amides is 3. The molecule has 2 rings (SSSR count). The number of carbonyl (C=O) groups is 3. The molecule has 0 spiro atoms. The van der Waals surface area contributed by atoms with E-state index >= 15 is 0 Å². The van der Waals surface area contributed by atoms with Gasteiger partial charge in [-0.25, -0.2) is 9.97 Å². The lowest BCUT2D eigenvalue weighted by molar-refractivity contribution is -0.131. The van der Waals surface area contributed by atoms with E-state index in [4.69, 9.17) is 5.73 Å². The van der Waals surface area contributed by atoms with Crippen LogP contribution in [0.1, 0.15) is 21.7 Å². The second-order valence-electron chi connectivity index (χ2n) is 7.41. The molecule has 4 N–H and O–H groups in total. The molecular formula is C22H29N7O3. The Bertz CT molecular complexity index is 1020. The second kappa shape index (κ2) is 10.9. The largest absolute Gasteiger partial charge is 0.364 e. The van der Waals surface area contributed by atoms with E-state index in [9.17, 15) is 14.4 Å². The Labute approximate surface area is 187 Å². The minimum atomic E-state index is -0.674. The molecule has 1 aromatic heterocycles. The molecule has 0 fully saturated rings. The summed E-state index contributed by atoms with van der Waals surface area (Å²) in [7, 11) is 5.21. The smallest absolute Gasteiger partial charge is 0.271 e. The summed E-state index contributed by atoms with van der Waals surface area (Å²) in [6.45, 7) is 5.52. The van der Waals surface area contributed by atoms with Crippen molar-refractivity contribution in [1.29, 1.82) is 0 Å². The monoisotopic (exact) mass is 439 g/mol. The highest BCUT2D eigenvalue weighted by molar-refractivity contribution is 5.96. The van der Waals surface area contributed by atoms with Crippen LogP contribution in [0.2, 0.25) is 0 Å². The summed E-state index contributed by atoms with van der Waals surface area (Å²) in [5, 5.41) is 5.90. The maximum Gasteiger partial charge on any atom is 0.271 e. The van der Waals surface area contributed by atoms with Crippen molar-refractivity contribution in [3.63, 3.8) is 0 Å². The quantitative estimate of drug-likeness (QED) is 0.470. The SMILES string of the molecule is C=CC(=O)N(C)CC(=O)NCCc1cccc(Nc2nc(N(C)C)c(C)nc2C(N)=O)c1. The van der Waals surface area contributed by atoms with Crippen LogP contribution in [0.3, 0.4) is 0 Å². The minimum absolute atomic E-state index is 0.0390. The number of benzene rings is 1. The molecule has 0 aliphatic rings. The maximum absolute atomic E-state index is 12.0. The molecule has 170 valence electrons. The van der Waals surface area contributed by atoms with Gasteiger partial charge >= 0.3 is 0 Å². The summed E-state index contributed by atoms with van der Waals surface area (Å²) in [6, 6.07) is 7.50. The summed E-state index contributed by atoms with van der Waals surface area (Å²) >= 11 is 0. The predicted molar refractivity (Wildman–Crippen MR) is 124 cm³/mol. The Kier molecular flexibility index (Phi) is 8.28. The molecule has 0 saturated carbocycles. The van der Waals surface area contributed by atoms with Crippen LogP contribution in [0.15, 0.2) is 36.9 Å². The zero-order valence-corrected chi connectivity index (χ0v) is 18.8. The first-order valence-electron chi connectivity index (χ1n) is 9.98. The molecule has 0 unspecified atom stereocenters. The molecule has 1 aromatic carbocycles. The van der Waals surface area contributed by atoms with Gasteiger partial charge in [-0.2, -0.15) is 0 Å². The van der Waals surface area contributed by atoms with E-state index < -0.39 is 5.91 Å². The predicted octanol–water partition coefficient (Wildman–Crippen LogP) is 0.997. The van der Waals surface area contributed by atoms with E-state index in [0.29, 0.717) is 30.2 Å². The number of aromatic nitrogens is 2. The minimum Gasteiger partial charge on any atom is -0.364 e. The summed E-state index contributed by atoms with van der Waals surface area (Å²) < 4.78 is 0. The van der Waals surface area contributed by atoms with Crippen molar-refractivity contribution in [2.24, 2.45) is 5.73 Å². The number of likely N-dealkylation sites (N-methyl/N-ethyl adjacent to an activating group) is 1. The number of nitrogens with one attached hydrogen (secondary N) is 2. The van der Waals surface area contributed by atoms with Crippen molar-refractivity contribution in [1.82, 2.24) is 20.2 Å². The standard InChI is InChI=1S/C22H29N7O3/c1-6-18(31)29(5)13-17(30)24-11-10-15-8-7-9-16(12-15)26-21-19(20(23)32)25-14(2)22(27-21)28(3)4/h6-9,12H,1,10-11,13H2,2-5H3,(H2,23,32)(H,24,30)(H,26,27). The lowest BCUT2D eigenvalue weighted by atomic mass is 10.1. The summed E-state index contributed by atoms with van der Waals surface area (Å²) in [5.41, 5.74) is 7.80. The molecule has 0 aliphatic carbocycles. The van der Waals surface area contributed by atoms with Crippen molar-refractivity contribution >= 4 is 35.0 Å². The number of nitrogens with zero attached hydrogens (tertiary/aromatic N) is 4. The average Bonchev–Trinajstić information content (AvgIpc) is 2.73. The Morgan fingerprint density at radius 2 is 1.91 bits per heavy atom. The molecule has 1 heterocycles. The van der Waals surface area contributed by atoms with Crippen LogP contribution in [-0.2, 0) is 16.0 Å². The van der Waals surface area contributed by atoms with Crippen molar-refractivity contribution in [3.8, 4) is 0 Å². The highest BCUT2D eigenvalue weighted by Gasteiger charge is 2.17. The van der Waals surface area contributed by atoms with E-state index in [-0.39, 0.29) is 29.9 Å². The van der Waals surface area contributed by atoms with Gasteiger partial charge in [0.2, 0.25) is 11.8 Å². The molecule has 0 radical (unpaired) electrons. The van der Waals surface area contributed by atoms with Crippen LogP contribution >= 0.6 is 0 Å². The summed E-state index contributed by atoms with van der Waals surface area (Å²) in [5.74, 6) is -0.351. The van der Waals surface area contributed by atoms with Crippen LogP contribution in [0.5, 0.6) is 0 Å². The molecule has 3 amide bonds. The molecular weight excluding hydrogens is 410 g/mol. The number of hydrogen-bond acceptors (Lipinski definition) is 7. The van der Waals surface area contributed by atoms with Gasteiger partial charge < -0.3 is 26.2 Å².